The van der Waals surface area contributed by atoms with E-state index in [0.29, 0.717) is 6.42 Å². The highest BCUT2D eigenvalue weighted by atomic mass is 16.6. The zero-order valence-electron chi connectivity index (χ0n) is 9.41. The largest absolute Gasteiger partial charge is 0.444 e. The van der Waals surface area contributed by atoms with Gasteiger partial charge in [-0.15, -0.1) is 0 Å². The molecule has 1 amide bonds. The molecule has 0 aromatic rings. The second kappa shape index (κ2) is 3.98. The molecule has 0 radical (unpaired) electrons. The quantitative estimate of drug-likeness (QED) is 0.633. The van der Waals surface area contributed by atoms with E-state index in [4.69, 9.17) is 14.9 Å². The summed E-state index contributed by atoms with van der Waals surface area (Å²) in [5.41, 5.74) is -1.22. The van der Waals surface area contributed by atoms with Gasteiger partial charge in [-0.1, -0.05) is 0 Å². The van der Waals surface area contributed by atoms with Crippen molar-refractivity contribution in [1.29, 1.82) is 0 Å². The van der Waals surface area contributed by atoms with E-state index in [1.54, 1.807) is 20.8 Å². The molecule has 5 heteroatoms. The fourth-order valence-corrected chi connectivity index (χ4v) is 1.51. The lowest BCUT2D eigenvalue weighted by atomic mass is 10.2. The second-order valence-electron chi connectivity index (χ2n) is 5.02. The van der Waals surface area contributed by atoms with Crippen molar-refractivity contribution >= 4 is 6.09 Å². The predicted octanol–water partition coefficient (Wildman–Crippen LogP) is 0.254. The highest BCUT2D eigenvalue weighted by Crippen LogP contribution is 2.42. The molecular weight excluding hydrogens is 198 g/mol. The van der Waals surface area contributed by atoms with Crippen LogP contribution in [0.5, 0.6) is 0 Å². The van der Waals surface area contributed by atoms with Crippen molar-refractivity contribution in [1.82, 2.24) is 5.32 Å². The summed E-state index contributed by atoms with van der Waals surface area (Å²) in [7, 11) is 0. The first-order chi connectivity index (χ1) is 6.83. The van der Waals surface area contributed by atoms with Crippen LogP contribution >= 0.6 is 0 Å². The van der Waals surface area contributed by atoms with Gasteiger partial charge in [0.2, 0.25) is 0 Å². The molecule has 3 N–H and O–H groups in total. The van der Waals surface area contributed by atoms with E-state index in [9.17, 15) is 4.79 Å². The number of alkyl carbamates (subject to hydrolysis) is 1. The summed E-state index contributed by atoms with van der Waals surface area (Å²) < 4.78 is 5.07. The van der Waals surface area contributed by atoms with E-state index in [0.717, 1.165) is 0 Å². The van der Waals surface area contributed by atoms with E-state index >= 15 is 0 Å². The normalized spacial score (nSPS) is 29.8. The Morgan fingerprint density at radius 3 is 2.47 bits per heavy atom. The van der Waals surface area contributed by atoms with Crippen LogP contribution in [0.4, 0.5) is 4.79 Å². The van der Waals surface area contributed by atoms with Crippen LogP contribution in [-0.4, -0.2) is 40.7 Å². The highest BCUT2D eigenvalue weighted by Gasteiger charge is 2.55. The molecule has 0 aliphatic heterocycles. The van der Waals surface area contributed by atoms with E-state index < -0.39 is 17.2 Å². The summed E-state index contributed by atoms with van der Waals surface area (Å²) in [4.78, 5) is 11.4. The van der Waals surface area contributed by atoms with Crippen molar-refractivity contribution in [2.75, 3.05) is 13.2 Å². The van der Waals surface area contributed by atoms with Crippen LogP contribution in [0.3, 0.4) is 0 Å². The van der Waals surface area contributed by atoms with E-state index in [1.807, 2.05) is 0 Å². The number of aliphatic hydroxyl groups excluding tert-OH is 2. The Morgan fingerprint density at radius 2 is 2.13 bits per heavy atom. The van der Waals surface area contributed by atoms with Gasteiger partial charge in [-0.25, -0.2) is 4.79 Å². The Morgan fingerprint density at radius 1 is 1.53 bits per heavy atom. The maximum atomic E-state index is 11.4. The molecule has 1 aliphatic rings. The number of aliphatic hydroxyl groups is 2. The van der Waals surface area contributed by atoms with Gasteiger partial charge in [-0.2, -0.15) is 0 Å². The van der Waals surface area contributed by atoms with E-state index in [1.165, 1.54) is 0 Å². The average Bonchev–Trinajstić information content (AvgIpc) is 2.76. The molecule has 0 aromatic heterocycles. The number of nitrogens with one attached hydrogen (secondary N) is 1. The predicted molar refractivity (Wildman–Crippen MR) is 54.4 cm³/mol. The molecule has 15 heavy (non-hydrogen) atoms. The molecule has 1 fully saturated rings. The number of carbonyl (C=O) groups excluding carboxylic acids is 1. The zero-order valence-corrected chi connectivity index (χ0v) is 9.41. The fourth-order valence-electron chi connectivity index (χ4n) is 1.51. The maximum Gasteiger partial charge on any atom is 0.408 e. The Balaban J connectivity index is 2.45. The number of ether oxygens (including phenoxy) is 1. The molecule has 0 aromatic carbocycles. The number of hydrogen-bond donors (Lipinski definition) is 3. The van der Waals surface area contributed by atoms with Crippen molar-refractivity contribution in [3.63, 3.8) is 0 Å². The zero-order chi connectivity index (χ0) is 11.7. The van der Waals surface area contributed by atoms with Gasteiger partial charge < -0.3 is 20.3 Å². The first-order valence-corrected chi connectivity index (χ1v) is 5.06. The van der Waals surface area contributed by atoms with E-state index in [2.05, 4.69) is 5.32 Å². The number of carbonyl (C=O) groups is 1. The lowest BCUT2D eigenvalue weighted by Crippen LogP contribution is -2.44. The molecule has 0 unspecified atom stereocenters. The minimum atomic E-state index is -0.670. The van der Waals surface area contributed by atoms with Crippen molar-refractivity contribution < 1.29 is 19.7 Å². The summed E-state index contributed by atoms with van der Waals surface area (Å²) in [6, 6.07) is 0. The summed E-state index contributed by atoms with van der Waals surface area (Å²) in [5.74, 6) is -0.0602. The molecule has 5 nitrogen and oxygen atoms in total. The van der Waals surface area contributed by atoms with Crippen LogP contribution in [0, 0.1) is 5.92 Å². The second-order valence-corrected chi connectivity index (χ2v) is 5.02. The molecular formula is C10H19NO4. The summed E-state index contributed by atoms with van der Waals surface area (Å²) >= 11 is 0. The Labute approximate surface area is 89.4 Å². The molecule has 0 spiro atoms. The summed E-state index contributed by atoms with van der Waals surface area (Å²) in [5, 5.41) is 20.6. The summed E-state index contributed by atoms with van der Waals surface area (Å²) in [6.07, 6.45) is 0.0479. The number of amides is 1. The Hall–Kier alpha value is -0.810. The van der Waals surface area contributed by atoms with Gasteiger partial charge >= 0.3 is 6.09 Å². The Bertz CT molecular complexity index is 248. The van der Waals surface area contributed by atoms with Crippen molar-refractivity contribution in [2.45, 2.75) is 38.3 Å². The number of rotatable bonds is 3. The number of hydrogen-bond acceptors (Lipinski definition) is 4. The van der Waals surface area contributed by atoms with Crippen LogP contribution in [0.15, 0.2) is 0 Å². The SMILES string of the molecule is CC(C)(C)OC(=O)N[C@@]1(CO)C[C@H]1CO. The van der Waals surface area contributed by atoms with Crippen LogP contribution < -0.4 is 5.32 Å². The van der Waals surface area contributed by atoms with Crippen molar-refractivity contribution in [3.05, 3.63) is 0 Å². The van der Waals surface area contributed by atoms with Crippen molar-refractivity contribution in [2.24, 2.45) is 5.92 Å². The van der Waals surface area contributed by atoms with Gasteiger partial charge in [-0.05, 0) is 27.2 Å². The molecule has 0 saturated heterocycles. The van der Waals surface area contributed by atoms with Gasteiger partial charge in [-0.3, -0.25) is 0 Å². The van der Waals surface area contributed by atoms with Gasteiger partial charge in [0.15, 0.2) is 0 Å². The maximum absolute atomic E-state index is 11.4. The van der Waals surface area contributed by atoms with Gasteiger partial charge in [0.1, 0.15) is 5.60 Å². The first kappa shape index (κ1) is 12.3. The lowest BCUT2D eigenvalue weighted by molar-refractivity contribution is 0.0456. The molecule has 2 atom stereocenters. The van der Waals surface area contributed by atoms with Crippen LogP contribution in [0.1, 0.15) is 27.2 Å². The molecule has 0 bridgehead atoms. The van der Waals surface area contributed by atoms with Crippen LogP contribution in [0.2, 0.25) is 0 Å². The van der Waals surface area contributed by atoms with Crippen LogP contribution in [0.25, 0.3) is 0 Å². The lowest BCUT2D eigenvalue weighted by Gasteiger charge is -2.23. The smallest absolute Gasteiger partial charge is 0.408 e. The fraction of sp³-hybridized carbons (Fsp3) is 0.900. The molecule has 0 heterocycles. The molecule has 1 aliphatic carbocycles. The standard InChI is InChI=1S/C10H19NO4/c1-9(2,3)15-8(14)11-10(6-13)4-7(10)5-12/h7,12-13H,4-6H2,1-3H3,(H,11,14)/t7-,10+/m0/s1. The Kier molecular flexibility index (Phi) is 3.25. The van der Waals surface area contributed by atoms with E-state index in [-0.39, 0.29) is 19.1 Å². The van der Waals surface area contributed by atoms with Crippen LogP contribution in [-0.2, 0) is 4.74 Å². The minimum Gasteiger partial charge on any atom is -0.444 e. The topological polar surface area (TPSA) is 78.8 Å². The third-order valence-electron chi connectivity index (χ3n) is 2.48. The monoisotopic (exact) mass is 217 g/mol. The first-order valence-electron chi connectivity index (χ1n) is 5.06. The highest BCUT2D eigenvalue weighted by molar-refractivity contribution is 5.69. The minimum absolute atomic E-state index is 0.0314. The van der Waals surface area contributed by atoms with Gasteiger partial charge in [0.05, 0.1) is 12.1 Å². The third-order valence-corrected chi connectivity index (χ3v) is 2.48. The van der Waals surface area contributed by atoms with Gasteiger partial charge in [0.25, 0.3) is 0 Å². The third kappa shape index (κ3) is 3.07. The average molecular weight is 217 g/mol. The summed E-state index contributed by atoms with van der Waals surface area (Å²) in [6.45, 7) is 5.12. The molecule has 1 rings (SSSR count). The van der Waals surface area contributed by atoms with Gasteiger partial charge in [0, 0.05) is 12.5 Å². The molecule has 88 valence electrons. The van der Waals surface area contributed by atoms with Crippen molar-refractivity contribution in [3.8, 4) is 0 Å². The molecule has 1 saturated carbocycles.